The van der Waals surface area contributed by atoms with Gasteiger partial charge in [0.05, 0.1) is 6.42 Å². The number of carboxylic acids is 1. The molecule has 1 unspecified atom stereocenters. The van der Waals surface area contributed by atoms with Gasteiger partial charge in [-0.1, -0.05) is 19.1 Å². The van der Waals surface area contributed by atoms with Crippen molar-refractivity contribution in [3.63, 3.8) is 0 Å². The number of aliphatic carboxylic acids is 1. The lowest BCUT2D eigenvalue weighted by Crippen LogP contribution is -2.52. The smallest absolute Gasteiger partial charge is 0.480 e. The SMILES string of the molecule is CCC(C)(NC(=O)Cc1cccc(OC(F)(F)F)c1)C(=O)O. The second-order valence-electron chi connectivity index (χ2n) is 4.91. The molecular formula is C14H16F3NO4. The van der Waals surface area contributed by atoms with E-state index in [0.717, 1.165) is 12.1 Å². The van der Waals surface area contributed by atoms with E-state index >= 15 is 0 Å². The molecular weight excluding hydrogens is 303 g/mol. The van der Waals surface area contributed by atoms with Gasteiger partial charge in [0.2, 0.25) is 5.91 Å². The Hall–Kier alpha value is -2.25. The van der Waals surface area contributed by atoms with Gasteiger partial charge >= 0.3 is 12.3 Å². The number of alkyl halides is 3. The molecule has 1 rings (SSSR count). The van der Waals surface area contributed by atoms with Crippen molar-refractivity contribution in [2.45, 2.75) is 38.6 Å². The third kappa shape index (κ3) is 5.27. The Labute approximate surface area is 125 Å². The molecule has 0 aliphatic heterocycles. The highest BCUT2D eigenvalue weighted by atomic mass is 19.4. The fourth-order valence-electron chi connectivity index (χ4n) is 1.68. The van der Waals surface area contributed by atoms with Gasteiger partial charge in [-0.05, 0) is 31.0 Å². The summed E-state index contributed by atoms with van der Waals surface area (Å²) in [6, 6.07) is 4.96. The van der Waals surface area contributed by atoms with Crippen molar-refractivity contribution in [3.05, 3.63) is 29.8 Å². The molecule has 1 atom stereocenters. The highest BCUT2D eigenvalue weighted by molar-refractivity contribution is 5.87. The third-order valence-electron chi connectivity index (χ3n) is 3.09. The number of halogens is 3. The number of carbonyl (C=O) groups excluding carboxylic acids is 1. The summed E-state index contributed by atoms with van der Waals surface area (Å²) in [5.41, 5.74) is -1.14. The number of amides is 1. The minimum absolute atomic E-state index is 0.172. The maximum atomic E-state index is 12.1. The van der Waals surface area contributed by atoms with Crippen LogP contribution in [0.1, 0.15) is 25.8 Å². The molecule has 0 saturated carbocycles. The van der Waals surface area contributed by atoms with Crippen molar-refractivity contribution in [1.82, 2.24) is 5.32 Å². The Balaban J connectivity index is 2.77. The number of carboxylic acid groups (broad SMARTS) is 1. The molecule has 0 radical (unpaired) electrons. The molecule has 22 heavy (non-hydrogen) atoms. The highest BCUT2D eigenvalue weighted by Gasteiger charge is 2.33. The number of ether oxygens (including phenoxy) is 1. The monoisotopic (exact) mass is 319 g/mol. The first kappa shape index (κ1) is 17.8. The largest absolute Gasteiger partial charge is 0.573 e. The first-order chi connectivity index (χ1) is 10.1. The summed E-state index contributed by atoms with van der Waals surface area (Å²) in [5, 5.41) is 11.4. The molecule has 0 spiro atoms. The van der Waals surface area contributed by atoms with Crippen LogP contribution in [-0.4, -0.2) is 28.9 Å². The summed E-state index contributed by atoms with van der Waals surface area (Å²) in [4.78, 5) is 22.9. The number of hydrogen-bond donors (Lipinski definition) is 2. The minimum Gasteiger partial charge on any atom is -0.480 e. The van der Waals surface area contributed by atoms with Crippen molar-refractivity contribution in [2.75, 3.05) is 0 Å². The van der Waals surface area contributed by atoms with Crippen molar-refractivity contribution >= 4 is 11.9 Å². The normalized spacial score (nSPS) is 14.0. The van der Waals surface area contributed by atoms with Crippen molar-refractivity contribution in [3.8, 4) is 5.75 Å². The number of carbonyl (C=O) groups is 2. The van der Waals surface area contributed by atoms with E-state index in [0.29, 0.717) is 0 Å². The van der Waals surface area contributed by atoms with E-state index in [2.05, 4.69) is 10.1 Å². The lowest BCUT2D eigenvalue weighted by atomic mass is 9.98. The fourth-order valence-corrected chi connectivity index (χ4v) is 1.68. The van der Waals surface area contributed by atoms with Crippen LogP contribution in [0.4, 0.5) is 13.2 Å². The Bertz CT molecular complexity index is 559. The quantitative estimate of drug-likeness (QED) is 0.845. The molecule has 1 amide bonds. The van der Waals surface area contributed by atoms with Gasteiger partial charge in [0, 0.05) is 0 Å². The predicted octanol–water partition coefficient (Wildman–Crippen LogP) is 2.50. The van der Waals surface area contributed by atoms with Crippen LogP contribution in [0.5, 0.6) is 5.75 Å². The first-order valence-electron chi connectivity index (χ1n) is 6.45. The van der Waals surface area contributed by atoms with E-state index in [9.17, 15) is 22.8 Å². The third-order valence-corrected chi connectivity index (χ3v) is 3.09. The van der Waals surface area contributed by atoms with Gasteiger partial charge in [0.25, 0.3) is 0 Å². The number of rotatable bonds is 6. The Kier molecular flexibility index (Phi) is 5.40. The molecule has 1 aromatic rings. The Morgan fingerprint density at radius 3 is 2.45 bits per heavy atom. The molecule has 0 heterocycles. The lowest BCUT2D eigenvalue weighted by molar-refractivity contribution is -0.274. The summed E-state index contributed by atoms with van der Waals surface area (Å²) in [6.07, 6.45) is -4.89. The van der Waals surface area contributed by atoms with Crippen molar-refractivity contribution < 1.29 is 32.6 Å². The van der Waals surface area contributed by atoms with Crippen LogP contribution in [0, 0.1) is 0 Å². The zero-order valence-corrected chi connectivity index (χ0v) is 12.0. The molecule has 0 aromatic heterocycles. The molecule has 0 aliphatic carbocycles. The fraction of sp³-hybridized carbons (Fsp3) is 0.429. The maximum Gasteiger partial charge on any atom is 0.573 e. The molecule has 0 aliphatic rings. The number of nitrogens with one attached hydrogen (secondary N) is 1. The summed E-state index contributed by atoms with van der Waals surface area (Å²) >= 11 is 0. The second kappa shape index (κ2) is 6.67. The van der Waals surface area contributed by atoms with Gasteiger partial charge in [-0.25, -0.2) is 4.79 Å². The van der Waals surface area contributed by atoms with E-state index in [4.69, 9.17) is 5.11 Å². The topological polar surface area (TPSA) is 75.6 Å². The van der Waals surface area contributed by atoms with Gasteiger partial charge < -0.3 is 15.2 Å². The number of benzene rings is 1. The molecule has 0 saturated heterocycles. The van der Waals surface area contributed by atoms with Crippen molar-refractivity contribution in [2.24, 2.45) is 0 Å². The van der Waals surface area contributed by atoms with E-state index in [1.807, 2.05) is 0 Å². The van der Waals surface area contributed by atoms with E-state index in [1.165, 1.54) is 19.1 Å². The van der Waals surface area contributed by atoms with E-state index in [-0.39, 0.29) is 18.4 Å². The van der Waals surface area contributed by atoms with E-state index < -0.39 is 29.5 Å². The lowest BCUT2D eigenvalue weighted by Gasteiger charge is -2.24. The maximum absolute atomic E-state index is 12.1. The van der Waals surface area contributed by atoms with Crippen LogP contribution < -0.4 is 10.1 Å². The zero-order valence-electron chi connectivity index (χ0n) is 12.0. The number of hydrogen-bond acceptors (Lipinski definition) is 3. The van der Waals surface area contributed by atoms with Gasteiger partial charge in [-0.2, -0.15) is 0 Å². The Morgan fingerprint density at radius 2 is 1.95 bits per heavy atom. The van der Waals surface area contributed by atoms with Gasteiger partial charge in [-0.15, -0.1) is 13.2 Å². The average Bonchev–Trinajstić information content (AvgIpc) is 2.36. The highest BCUT2D eigenvalue weighted by Crippen LogP contribution is 2.23. The van der Waals surface area contributed by atoms with Gasteiger partial charge in [0.1, 0.15) is 11.3 Å². The summed E-state index contributed by atoms with van der Waals surface area (Å²) < 4.78 is 40.1. The Morgan fingerprint density at radius 1 is 1.32 bits per heavy atom. The van der Waals surface area contributed by atoms with Gasteiger partial charge in [-0.3, -0.25) is 4.79 Å². The summed E-state index contributed by atoms with van der Waals surface area (Å²) in [6.45, 7) is 2.96. The molecule has 1 aromatic carbocycles. The second-order valence-corrected chi connectivity index (χ2v) is 4.91. The molecule has 5 nitrogen and oxygen atoms in total. The molecule has 122 valence electrons. The van der Waals surface area contributed by atoms with Crippen LogP contribution in [0.15, 0.2) is 24.3 Å². The first-order valence-corrected chi connectivity index (χ1v) is 6.45. The van der Waals surface area contributed by atoms with Crippen LogP contribution in [0.25, 0.3) is 0 Å². The molecule has 0 bridgehead atoms. The van der Waals surface area contributed by atoms with Crippen LogP contribution in [0.2, 0.25) is 0 Å². The van der Waals surface area contributed by atoms with Crippen LogP contribution in [-0.2, 0) is 16.0 Å². The minimum atomic E-state index is -4.81. The van der Waals surface area contributed by atoms with Gasteiger partial charge in [0.15, 0.2) is 0 Å². The molecule has 2 N–H and O–H groups in total. The average molecular weight is 319 g/mol. The van der Waals surface area contributed by atoms with Crippen LogP contribution in [0.3, 0.4) is 0 Å². The molecule has 8 heteroatoms. The predicted molar refractivity (Wildman–Crippen MR) is 71.3 cm³/mol. The van der Waals surface area contributed by atoms with Crippen LogP contribution >= 0.6 is 0 Å². The molecule has 0 fully saturated rings. The van der Waals surface area contributed by atoms with E-state index in [1.54, 1.807) is 6.92 Å². The summed E-state index contributed by atoms with van der Waals surface area (Å²) in [5.74, 6) is -2.22. The van der Waals surface area contributed by atoms with Crippen molar-refractivity contribution in [1.29, 1.82) is 0 Å². The summed E-state index contributed by atoms with van der Waals surface area (Å²) in [7, 11) is 0. The zero-order chi connectivity index (χ0) is 17.0. The standard InChI is InChI=1S/C14H16F3NO4/c1-3-13(2,12(20)21)18-11(19)8-9-5-4-6-10(7-9)22-14(15,16)17/h4-7H,3,8H2,1-2H3,(H,18,19)(H,20,21).